The highest BCUT2D eigenvalue weighted by Gasteiger charge is 2.26. The van der Waals surface area contributed by atoms with Crippen molar-refractivity contribution in [3.05, 3.63) is 40.3 Å². The molecule has 2 N–H and O–H groups in total. The third-order valence-electron chi connectivity index (χ3n) is 5.36. The van der Waals surface area contributed by atoms with Crippen molar-refractivity contribution in [1.29, 1.82) is 0 Å². The van der Waals surface area contributed by atoms with Crippen LogP contribution in [0.1, 0.15) is 26.6 Å². The van der Waals surface area contributed by atoms with Crippen LogP contribution in [0.2, 0.25) is 0 Å². The standard InChI is InChI=1S/C19H22BrF2N7S/c1-4-30(5-2,6-3)19-27-17-11(20)9-24-29(17)18(28-19)23-10-14-25-13-8-7-12(21)15(22)16(13)26-14/h7-9H,4-6,10H2,1-3H3,(H,25,26)(H,23,27,28). The van der Waals surface area contributed by atoms with E-state index in [0.29, 0.717) is 22.9 Å². The zero-order valence-corrected chi connectivity index (χ0v) is 19.2. The summed E-state index contributed by atoms with van der Waals surface area (Å²) in [6.45, 7) is 6.77. The molecule has 4 rings (SSSR count). The maximum absolute atomic E-state index is 14.0. The lowest BCUT2D eigenvalue weighted by Gasteiger charge is -2.35. The van der Waals surface area contributed by atoms with Gasteiger partial charge in [-0.3, -0.25) is 0 Å². The lowest BCUT2D eigenvalue weighted by Crippen LogP contribution is -2.17. The number of hydrogen-bond donors (Lipinski definition) is 2. The first-order valence-corrected chi connectivity index (χ1v) is 12.6. The highest BCUT2D eigenvalue weighted by molar-refractivity contribution is 9.10. The predicted molar refractivity (Wildman–Crippen MR) is 119 cm³/mol. The summed E-state index contributed by atoms with van der Waals surface area (Å²) in [4.78, 5) is 16.8. The second-order valence-electron chi connectivity index (χ2n) is 6.76. The van der Waals surface area contributed by atoms with Gasteiger partial charge in [-0.05, 0) is 45.3 Å². The predicted octanol–water partition coefficient (Wildman–Crippen LogP) is 4.88. The third kappa shape index (κ3) is 3.43. The van der Waals surface area contributed by atoms with Crippen molar-refractivity contribution in [3.63, 3.8) is 0 Å². The molecule has 0 fully saturated rings. The van der Waals surface area contributed by atoms with Crippen LogP contribution in [0.3, 0.4) is 0 Å². The van der Waals surface area contributed by atoms with Gasteiger partial charge in [-0.15, -0.1) is 0 Å². The first kappa shape index (κ1) is 21.0. The van der Waals surface area contributed by atoms with E-state index in [1.54, 1.807) is 10.7 Å². The molecule has 0 amide bonds. The molecule has 0 aliphatic rings. The molecule has 0 saturated carbocycles. The number of hydrogen-bond acceptors (Lipinski definition) is 5. The van der Waals surface area contributed by atoms with E-state index in [4.69, 9.17) is 9.97 Å². The molecule has 0 saturated heterocycles. The minimum atomic E-state index is -1.15. The number of H-pyrrole nitrogens is 1. The second-order valence-corrected chi connectivity index (χ2v) is 11.8. The van der Waals surface area contributed by atoms with Crippen LogP contribution >= 0.6 is 26.0 Å². The summed E-state index contributed by atoms with van der Waals surface area (Å²) in [5, 5.41) is 8.42. The van der Waals surface area contributed by atoms with Crippen molar-refractivity contribution < 1.29 is 8.78 Å². The van der Waals surface area contributed by atoms with Crippen LogP contribution in [0.5, 0.6) is 0 Å². The van der Waals surface area contributed by atoms with Gasteiger partial charge in [0.15, 0.2) is 22.4 Å². The van der Waals surface area contributed by atoms with Gasteiger partial charge in [0.25, 0.3) is 0 Å². The number of rotatable bonds is 7. The first-order valence-electron chi connectivity index (χ1n) is 9.66. The third-order valence-corrected chi connectivity index (χ3v) is 10.2. The van der Waals surface area contributed by atoms with Gasteiger partial charge in [0.05, 0.1) is 22.7 Å². The van der Waals surface area contributed by atoms with E-state index in [2.05, 4.69) is 57.1 Å². The van der Waals surface area contributed by atoms with Crippen LogP contribution in [0.15, 0.2) is 28.0 Å². The molecule has 3 aromatic heterocycles. The molecule has 0 atom stereocenters. The molecular weight excluding hydrogens is 476 g/mol. The Morgan fingerprint density at radius 3 is 2.53 bits per heavy atom. The van der Waals surface area contributed by atoms with Crippen LogP contribution in [-0.4, -0.2) is 46.8 Å². The van der Waals surface area contributed by atoms with Crippen LogP contribution in [0.25, 0.3) is 16.7 Å². The monoisotopic (exact) mass is 497 g/mol. The lowest BCUT2D eigenvalue weighted by molar-refractivity contribution is 0.515. The van der Waals surface area contributed by atoms with E-state index >= 15 is 0 Å². The van der Waals surface area contributed by atoms with Gasteiger partial charge in [0.2, 0.25) is 5.95 Å². The number of aromatic amines is 1. The number of anilines is 1. The Morgan fingerprint density at radius 2 is 1.83 bits per heavy atom. The molecular formula is C19H22BrF2N7S. The zero-order chi connectivity index (χ0) is 21.5. The average Bonchev–Trinajstić information content (AvgIpc) is 3.35. The quantitative estimate of drug-likeness (QED) is 0.380. The molecule has 0 aliphatic carbocycles. The molecule has 0 bridgehead atoms. The van der Waals surface area contributed by atoms with Gasteiger partial charge in [0.1, 0.15) is 11.3 Å². The molecule has 11 heteroatoms. The minimum absolute atomic E-state index is 0.0198. The summed E-state index contributed by atoms with van der Waals surface area (Å²) in [7, 11) is -1.15. The molecule has 0 radical (unpaired) electrons. The van der Waals surface area contributed by atoms with Crippen LogP contribution in [0, 0.1) is 11.6 Å². The van der Waals surface area contributed by atoms with Gasteiger partial charge in [-0.1, -0.05) is 20.8 Å². The summed E-state index contributed by atoms with van der Waals surface area (Å²) in [5.74, 6) is 2.10. The molecule has 0 spiro atoms. The fourth-order valence-electron chi connectivity index (χ4n) is 3.45. The molecule has 4 aromatic rings. The van der Waals surface area contributed by atoms with E-state index in [0.717, 1.165) is 33.0 Å². The number of nitrogens with one attached hydrogen (secondary N) is 2. The van der Waals surface area contributed by atoms with Crippen molar-refractivity contribution >= 4 is 48.6 Å². The molecule has 7 nitrogen and oxygen atoms in total. The van der Waals surface area contributed by atoms with E-state index in [1.165, 1.54) is 6.07 Å². The molecule has 0 aliphatic heterocycles. The summed E-state index contributed by atoms with van der Waals surface area (Å²) >= 11 is 3.51. The summed E-state index contributed by atoms with van der Waals surface area (Å²) in [6, 6.07) is 2.55. The fourth-order valence-corrected chi connectivity index (χ4v) is 6.36. The molecule has 3 heterocycles. The normalized spacial score (nSPS) is 12.7. The van der Waals surface area contributed by atoms with E-state index in [9.17, 15) is 8.78 Å². The summed E-state index contributed by atoms with van der Waals surface area (Å²) < 4.78 is 29.9. The van der Waals surface area contributed by atoms with Crippen molar-refractivity contribution in [3.8, 4) is 0 Å². The van der Waals surface area contributed by atoms with Gasteiger partial charge in [0, 0.05) is 0 Å². The van der Waals surface area contributed by atoms with Crippen molar-refractivity contribution in [1.82, 2.24) is 29.5 Å². The van der Waals surface area contributed by atoms with E-state index in [-0.39, 0.29) is 12.1 Å². The minimum Gasteiger partial charge on any atom is -0.347 e. The largest absolute Gasteiger partial charge is 0.347 e. The lowest BCUT2D eigenvalue weighted by atomic mass is 10.3. The number of aromatic nitrogens is 6. The molecule has 30 heavy (non-hydrogen) atoms. The van der Waals surface area contributed by atoms with Gasteiger partial charge < -0.3 is 10.3 Å². The highest BCUT2D eigenvalue weighted by atomic mass is 79.9. The maximum Gasteiger partial charge on any atom is 0.228 e. The number of nitrogens with zero attached hydrogens (tertiary/aromatic N) is 5. The fraction of sp³-hybridized carbons (Fsp3) is 0.368. The van der Waals surface area contributed by atoms with Crippen molar-refractivity contribution in [2.45, 2.75) is 32.5 Å². The smallest absolute Gasteiger partial charge is 0.228 e. The molecule has 1 aromatic carbocycles. The van der Waals surface area contributed by atoms with E-state index in [1.807, 2.05) is 0 Å². The average molecular weight is 498 g/mol. The Balaban J connectivity index is 1.73. The van der Waals surface area contributed by atoms with Crippen molar-refractivity contribution in [2.75, 3.05) is 22.6 Å². The SMILES string of the molecule is CCS(CC)(CC)c1nc(NCc2nc3c(F)c(F)ccc3[nH]2)n2ncc(Br)c2n1. The first-order chi connectivity index (χ1) is 14.4. The second kappa shape index (κ2) is 8.10. The van der Waals surface area contributed by atoms with Gasteiger partial charge in [-0.25, -0.2) is 18.7 Å². The maximum atomic E-state index is 14.0. The number of benzene rings is 1. The Hall–Kier alpha value is -2.27. The Labute approximate surface area is 182 Å². The Bertz CT molecular complexity index is 1210. The zero-order valence-electron chi connectivity index (χ0n) is 16.8. The number of imidazole rings is 1. The van der Waals surface area contributed by atoms with Crippen LogP contribution in [-0.2, 0) is 6.54 Å². The number of fused-ring (bicyclic) bond motifs is 2. The van der Waals surface area contributed by atoms with Gasteiger partial charge in [-0.2, -0.15) is 24.6 Å². The molecule has 160 valence electrons. The summed E-state index contributed by atoms with van der Waals surface area (Å²) in [5.41, 5.74) is 1.11. The topological polar surface area (TPSA) is 83.8 Å². The summed E-state index contributed by atoms with van der Waals surface area (Å²) in [6.07, 6.45) is 1.68. The highest BCUT2D eigenvalue weighted by Crippen LogP contribution is 2.53. The van der Waals surface area contributed by atoms with Crippen molar-refractivity contribution in [2.24, 2.45) is 0 Å². The van der Waals surface area contributed by atoms with Gasteiger partial charge >= 0.3 is 0 Å². The van der Waals surface area contributed by atoms with Crippen LogP contribution < -0.4 is 5.32 Å². The van der Waals surface area contributed by atoms with E-state index < -0.39 is 21.7 Å². The number of halogens is 3. The van der Waals surface area contributed by atoms with Crippen LogP contribution in [0.4, 0.5) is 14.7 Å². The Morgan fingerprint density at radius 1 is 1.10 bits per heavy atom. The molecule has 0 unspecified atom stereocenters. The Kier molecular flexibility index (Phi) is 5.67.